The quantitative estimate of drug-likeness (QED) is 0.167. The van der Waals surface area contributed by atoms with E-state index in [9.17, 15) is 0 Å². The van der Waals surface area contributed by atoms with Crippen LogP contribution in [0.5, 0.6) is 0 Å². The number of rotatable bonds is 6. The number of furan rings is 1. The summed E-state index contributed by atoms with van der Waals surface area (Å²) in [7, 11) is 0. The van der Waals surface area contributed by atoms with Crippen LogP contribution in [0.25, 0.3) is 95.7 Å². The van der Waals surface area contributed by atoms with Crippen LogP contribution in [0.15, 0.2) is 205 Å². The first-order valence-corrected chi connectivity index (χ1v) is 21.2. The first kappa shape index (κ1) is 33.2. The summed E-state index contributed by atoms with van der Waals surface area (Å²) in [5.74, 6) is 0. The van der Waals surface area contributed by atoms with Crippen LogP contribution in [0.1, 0.15) is 0 Å². The maximum Gasteiger partial charge on any atom is 0.145 e. The van der Waals surface area contributed by atoms with Gasteiger partial charge in [0.05, 0.1) is 11.1 Å². The van der Waals surface area contributed by atoms with Crippen LogP contribution in [0.4, 0.5) is 17.1 Å². The van der Waals surface area contributed by atoms with Gasteiger partial charge >= 0.3 is 0 Å². The molecule has 0 aliphatic carbocycles. The van der Waals surface area contributed by atoms with Gasteiger partial charge in [0.1, 0.15) is 11.2 Å². The molecule has 0 saturated carbocycles. The van der Waals surface area contributed by atoms with Gasteiger partial charge in [-0.15, -0.1) is 22.7 Å². The summed E-state index contributed by atoms with van der Waals surface area (Å²) in [6.07, 6.45) is 0. The lowest BCUT2D eigenvalue weighted by Gasteiger charge is -2.27. The molecule has 58 heavy (non-hydrogen) atoms. The molecule has 4 heteroatoms. The number of fused-ring (bicyclic) bond motifs is 9. The summed E-state index contributed by atoms with van der Waals surface area (Å²) in [5.41, 5.74) is 12.0. The number of nitrogens with zero attached hydrogens (tertiary/aromatic N) is 1. The van der Waals surface area contributed by atoms with E-state index in [1.165, 1.54) is 57.0 Å². The number of thiophene rings is 2. The Morgan fingerprint density at radius 2 is 1.00 bits per heavy atom. The van der Waals surface area contributed by atoms with Crippen molar-refractivity contribution in [3.63, 3.8) is 0 Å². The Morgan fingerprint density at radius 1 is 0.362 bits per heavy atom. The van der Waals surface area contributed by atoms with E-state index in [1.807, 2.05) is 22.7 Å². The molecule has 3 heterocycles. The molecular formula is C54H33NOS2. The van der Waals surface area contributed by atoms with Crippen molar-refractivity contribution in [1.29, 1.82) is 0 Å². The average Bonchev–Trinajstić information content (AvgIpc) is 3.98. The van der Waals surface area contributed by atoms with E-state index >= 15 is 0 Å². The van der Waals surface area contributed by atoms with Crippen LogP contribution in [0.3, 0.4) is 0 Å². The van der Waals surface area contributed by atoms with Crippen LogP contribution in [-0.4, -0.2) is 0 Å². The van der Waals surface area contributed by atoms with Crippen LogP contribution in [-0.2, 0) is 0 Å². The highest BCUT2D eigenvalue weighted by Crippen LogP contribution is 2.49. The maximum atomic E-state index is 7.02. The van der Waals surface area contributed by atoms with Gasteiger partial charge in [-0.05, 0) is 88.5 Å². The van der Waals surface area contributed by atoms with E-state index in [0.29, 0.717) is 0 Å². The molecular weight excluding hydrogens is 743 g/mol. The summed E-state index contributed by atoms with van der Waals surface area (Å²) >= 11 is 3.72. The van der Waals surface area contributed by atoms with Gasteiger partial charge in [0.25, 0.3) is 0 Å². The summed E-state index contributed by atoms with van der Waals surface area (Å²) in [4.78, 5) is 2.45. The monoisotopic (exact) mass is 775 g/mol. The van der Waals surface area contributed by atoms with Gasteiger partial charge in [-0.1, -0.05) is 140 Å². The molecule has 0 N–H and O–H groups in total. The Hall–Kier alpha value is -6.98. The highest BCUT2D eigenvalue weighted by molar-refractivity contribution is 7.26. The van der Waals surface area contributed by atoms with Gasteiger partial charge in [-0.25, -0.2) is 0 Å². The smallest absolute Gasteiger partial charge is 0.145 e. The zero-order valence-corrected chi connectivity index (χ0v) is 32.9. The molecule has 0 atom stereocenters. The molecule has 0 fully saturated rings. The largest absolute Gasteiger partial charge is 0.455 e. The first-order chi connectivity index (χ1) is 28.7. The topological polar surface area (TPSA) is 16.4 Å². The molecule has 0 saturated heterocycles. The Morgan fingerprint density at radius 3 is 1.81 bits per heavy atom. The van der Waals surface area contributed by atoms with Crippen molar-refractivity contribution >= 4 is 102 Å². The zero-order valence-electron chi connectivity index (χ0n) is 31.2. The number of benzene rings is 9. The third kappa shape index (κ3) is 5.30. The minimum absolute atomic E-state index is 0.869. The lowest BCUT2D eigenvalue weighted by molar-refractivity contribution is 0.670. The summed E-state index contributed by atoms with van der Waals surface area (Å²) in [5, 5.41) is 7.29. The highest BCUT2D eigenvalue weighted by Gasteiger charge is 2.24. The molecule has 3 aromatic heterocycles. The number of hydrogen-bond donors (Lipinski definition) is 0. The SMILES string of the molecule is c1ccc(-c2ccc3c(c2)oc2c(-c4ccccc4)ccc(N(c4ccc5c(c4)sc4ccccc45)c4ccc5sc6c(-c7ccccc7)cccc6c5c4)c23)cc1. The number of anilines is 3. The molecule has 12 aromatic rings. The molecule has 12 rings (SSSR count). The van der Waals surface area contributed by atoms with Crippen LogP contribution in [0.2, 0.25) is 0 Å². The predicted octanol–water partition coefficient (Wildman–Crippen LogP) is 16.8. The van der Waals surface area contributed by atoms with Crippen molar-refractivity contribution in [1.82, 2.24) is 0 Å². The fourth-order valence-corrected chi connectivity index (χ4v) is 11.1. The zero-order chi connectivity index (χ0) is 38.2. The van der Waals surface area contributed by atoms with Crippen molar-refractivity contribution in [2.24, 2.45) is 0 Å². The van der Waals surface area contributed by atoms with Gasteiger partial charge in [0.15, 0.2) is 0 Å². The Kier molecular flexibility index (Phi) is 7.62. The molecule has 0 unspecified atom stereocenters. The average molecular weight is 776 g/mol. The second-order valence-electron chi connectivity index (χ2n) is 14.8. The van der Waals surface area contributed by atoms with Crippen molar-refractivity contribution in [3.05, 3.63) is 200 Å². The fourth-order valence-electron chi connectivity index (χ4n) is 8.75. The van der Waals surface area contributed by atoms with E-state index in [0.717, 1.165) is 55.7 Å². The van der Waals surface area contributed by atoms with E-state index < -0.39 is 0 Å². The summed E-state index contributed by atoms with van der Waals surface area (Å²) < 4.78 is 12.2. The molecule has 0 spiro atoms. The van der Waals surface area contributed by atoms with Crippen molar-refractivity contribution in [3.8, 4) is 33.4 Å². The first-order valence-electron chi connectivity index (χ1n) is 19.6. The second kappa shape index (κ2) is 13.3. The molecule has 9 aromatic carbocycles. The van der Waals surface area contributed by atoms with E-state index in [4.69, 9.17) is 4.42 Å². The van der Waals surface area contributed by atoms with E-state index in [-0.39, 0.29) is 0 Å². The predicted molar refractivity (Wildman–Crippen MR) is 250 cm³/mol. The fraction of sp³-hybridized carbons (Fsp3) is 0. The Labute approximate surface area is 343 Å². The van der Waals surface area contributed by atoms with E-state index in [2.05, 4.69) is 205 Å². The van der Waals surface area contributed by atoms with Crippen molar-refractivity contribution in [2.75, 3.05) is 4.90 Å². The van der Waals surface area contributed by atoms with Gasteiger partial charge in [0, 0.05) is 62.7 Å². The highest BCUT2D eigenvalue weighted by atomic mass is 32.1. The standard InChI is InChI=1S/C54H33NOS2/c1-4-13-34(14-5-1)37-23-26-45-48(31-37)56-53-40(35-15-6-2-7-16-35)28-29-47(52(45)53)55(39-24-27-43-42-19-10-11-22-49(42)57-51(43)33-39)38-25-30-50-46(32-38)44-21-12-20-41(54(44)58-50)36-17-8-3-9-18-36/h1-33H. The molecule has 0 aliphatic rings. The minimum Gasteiger partial charge on any atom is -0.455 e. The maximum absolute atomic E-state index is 7.02. The van der Waals surface area contributed by atoms with E-state index in [1.54, 1.807) is 0 Å². The van der Waals surface area contributed by atoms with Crippen molar-refractivity contribution < 1.29 is 4.42 Å². The Bertz CT molecular complexity index is 3510. The van der Waals surface area contributed by atoms with Crippen LogP contribution < -0.4 is 4.90 Å². The molecule has 0 aliphatic heterocycles. The molecule has 0 bridgehead atoms. The van der Waals surface area contributed by atoms with Gasteiger partial charge < -0.3 is 9.32 Å². The number of hydrogen-bond acceptors (Lipinski definition) is 4. The lowest BCUT2D eigenvalue weighted by atomic mass is 9.98. The molecule has 2 nitrogen and oxygen atoms in total. The van der Waals surface area contributed by atoms with Gasteiger partial charge in [-0.2, -0.15) is 0 Å². The lowest BCUT2D eigenvalue weighted by Crippen LogP contribution is -2.10. The molecule has 272 valence electrons. The second-order valence-corrected chi connectivity index (χ2v) is 17.0. The molecule has 0 amide bonds. The third-order valence-corrected chi connectivity index (χ3v) is 13.8. The summed E-state index contributed by atoms with van der Waals surface area (Å²) in [6, 6.07) is 72.5. The van der Waals surface area contributed by atoms with Gasteiger partial charge in [-0.3, -0.25) is 0 Å². The Balaban J connectivity index is 1.14. The third-order valence-electron chi connectivity index (χ3n) is 11.5. The van der Waals surface area contributed by atoms with Crippen LogP contribution in [0, 0.1) is 0 Å². The van der Waals surface area contributed by atoms with Crippen LogP contribution >= 0.6 is 22.7 Å². The summed E-state index contributed by atoms with van der Waals surface area (Å²) in [6.45, 7) is 0. The van der Waals surface area contributed by atoms with Crippen molar-refractivity contribution in [2.45, 2.75) is 0 Å². The minimum atomic E-state index is 0.869. The van der Waals surface area contributed by atoms with Gasteiger partial charge in [0.2, 0.25) is 0 Å². The normalized spacial score (nSPS) is 11.8. The molecule has 0 radical (unpaired) electrons.